The van der Waals surface area contributed by atoms with Crippen LogP contribution in [0.5, 0.6) is 0 Å². The third-order valence-electron chi connectivity index (χ3n) is 3.43. The van der Waals surface area contributed by atoms with E-state index in [-0.39, 0.29) is 5.54 Å². The summed E-state index contributed by atoms with van der Waals surface area (Å²) in [5.74, 6) is 0.874. The Morgan fingerprint density at radius 1 is 1.43 bits per heavy atom. The first kappa shape index (κ1) is 12.0. The highest BCUT2D eigenvalue weighted by Gasteiger charge is 2.31. The summed E-state index contributed by atoms with van der Waals surface area (Å²) in [7, 11) is 1.74. The molecular weight excluding hydrogens is 176 g/mol. The molecule has 3 N–H and O–H groups in total. The lowest BCUT2D eigenvalue weighted by molar-refractivity contribution is 0.158. The molecule has 0 unspecified atom stereocenters. The Morgan fingerprint density at radius 2 is 2.07 bits per heavy atom. The lowest BCUT2D eigenvalue weighted by Gasteiger charge is -2.39. The Labute approximate surface area is 87.4 Å². The highest BCUT2D eigenvalue weighted by molar-refractivity contribution is 4.92. The minimum Gasteiger partial charge on any atom is -0.383 e. The van der Waals surface area contributed by atoms with Gasteiger partial charge in [-0.05, 0) is 31.6 Å². The topological polar surface area (TPSA) is 47.3 Å². The SMILES string of the molecule is COCCNC1(CN)CCC(C)CC1. The summed E-state index contributed by atoms with van der Waals surface area (Å²) in [6.45, 7) is 4.78. The van der Waals surface area contributed by atoms with E-state index >= 15 is 0 Å². The Kier molecular flexibility index (Phi) is 4.85. The number of nitrogens with two attached hydrogens (primary N) is 1. The zero-order chi connectivity index (χ0) is 10.4. The summed E-state index contributed by atoms with van der Waals surface area (Å²) in [4.78, 5) is 0. The van der Waals surface area contributed by atoms with Gasteiger partial charge in [0.15, 0.2) is 0 Å². The van der Waals surface area contributed by atoms with E-state index in [1.54, 1.807) is 7.11 Å². The molecule has 84 valence electrons. The average molecular weight is 200 g/mol. The molecule has 1 rings (SSSR count). The van der Waals surface area contributed by atoms with Crippen LogP contribution < -0.4 is 11.1 Å². The van der Waals surface area contributed by atoms with E-state index in [1.165, 1.54) is 25.7 Å². The Balaban J connectivity index is 2.34. The Hall–Kier alpha value is -0.120. The summed E-state index contributed by atoms with van der Waals surface area (Å²) in [5.41, 5.74) is 6.06. The van der Waals surface area contributed by atoms with Crippen molar-refractivity contribution in [3.05, 3.63) is 0 Å². The van der Waals surface area contributed by atoms with Crippen molar-refractivity contribution < 1.29 is 4.74 Å². The van der Waals surface area contributed by atoms with Crippen LogP contribution in [-0.2, 0) is 4.74 Å². The van der Waals surface area contributed by atoms with Crippen molar-refractivity contribution in [1.82, 2.24) is 5.32 Å². The molecule has 0 amide bonds. The van der Waals surface area contributed by atoms with Gasteiger partial charge < -0.3 is 15.8 Å². The minimum absolute atomic E-state index is 0.199. The van der Waals surface area contributed by atoms with Crippen molar-refractivity contribution in [2.45, 2.75) is 38.1 Å². The number of ether oxygens (including phenoxy) is 1. The second kappa shape index (κ2) is 5.69. The first-order valence-electron chi connectivity index (χ1n) is 5.66. The van der Waals surface area contributed by atoms with Gasteiger partial charge in [-0.3, -0.25) is 0 Å². The van der Waals surface area contributed by atoms with Gasteiger partial charge in [0.2, 0.25) is 0 Å². The summed E-state index contributed by atoms with van der Waals surface area (Å²) in [6.07, 6.45) is 5.04. The van der Waals surface area contributed by atoms with E-state index in [1.807, 2.05) is 0 Å². The van der Waals surface area contributed by atoms with Crippen LogP contribution in [0.25, 0.3) is 0 Å². The molecule has 1 aliphatic rings. The summed E-state index contributed by atoms with van der Waals surface area (Å²) >= 11 is 0. The maximum atomic E-state index is 5.86. The van der Waals surface area contributed by atoms with Crippen LogP contribution in [-0.4, -0.2) is 32.3 Å². The fourth-order valence-corrected chi connectivity index (χ4v) is 2.19. The number of rotatable bonds is 5. The molecule has 3 nitrogen and oxygen atoms in total. The molecule has 0 aromatic heterocycles. The largest absolute Gasteiger partial charge is 0.383 e. The average Bonchev–Trinajstić information content (AvgIpc) is 2.22. The van der Waals surface area contributed by atoms with Gasteiger partial charge in [0.25, 0.3) is 0 Å². The molecule has 0 saturated heterocycles. The zero-order valence-corrected chi connectivity index (χ0v) is 9.51. The second-order valence-electron chi connectivity index (χ2n) is 4.59. The number of hydrogen-bond acceptors (Lipinski definition) is 3. The van der Waals surface area contributed by atoms with E-state index in [0.29, 0.717) is 0 Å². The molecule has 3 heteroatoms. The first-order valence-corrected chi connectivity index (χ1v) is 5.66. The molecule has 0 heterocycles. The van der Waals surface area contributed by atoms with Gasteiger partial charge in [-0.25, -0.2) is 0 Å². The summed E-state index contributed by atoms with van der Waals surface area (Å²) < 4.78 is 5.04. The Morgan fingerprint density at radius 3 is 2.57 bits per heavy atom. The predicted octanol–water partition coefficient (Wildman–Crippen LogP) is 1.13. The molecule has 0 aromatic rings. The highest BCUT2D eigenvalue weighted by Crippen LogP contribution is 2.30. The molecule has 1 fully saturated rings. The normalized spacial score (nSPS) is 33.2. The number of hydrogen-bond donors (Lipinski definition) is 2. The highest BCUT2D eigenvalue weighted by atomic mass is 16.5. The monoisotopic (exact) mass is 200 g/mol. The van der Waals surface area contributed by atoms with Crippen LogP contribution in [0, 0.1) is 5.92 Å². The summed E-state index contributed by atoms with van der Waals surface area (Å²) in [6, 6.07) is 0. The van der Waals surface area contributed by atoms with Crippen LogP contribution in [0.4, 0.5) is 0 Å². The molecular formula is C11H24N2O. The zero-order valence-electron chi connectivity index (χ0n) is 9.51. The van der Waals surface area contributed by atoms with E-state index in [0.717, 1.165) is 25.6 Å². The number of methoxy groups -OCH3 is 1. The van der Waals surface area contributed by atoms with Crippen molar-refractivity contribution in [2.75, 3.05) is 26.8 Å². The quantitative estimate of drug-likeness (QED) is 0.654. The van der Waals surface area contributed by atoms with E-state index in [9.17, 15) is 0 Å². The second-order valence-corrected chi connectivity index (χ2v) is 4.59. The maximum Gasteiger partial charge on any atom is 0.0587 e. The van der Waals surface area contributed by atoms with Crippen LogP contribution in [0.3, 0.4) is 0 Å². The molecule has 0 radical (unpaired) electrons. The molecule has 0 aliphatic heterocycles. The van der Waals surface area contributed by atoms with E-state index in [4.69, 9.17) is 10.5 Å². The van der Waals surface area contributed by atoms with Crippen molar-refractivity contribution in [1.29, 1.82) is 0 Å². The van der Waals surface area contributed by atoms with Crippen LogP contribution >= 0.6 is 0 Å². The molecule has 0 bridgehead atoms. The van der Waals surface area contributed by atoms with Gasteiger partial charge in [0, 0.05) is 25.7 Å². The fraction of sp³-hybridized carbons (Fsp3) is 1.00. The van der Waals surface area contributed by atoms with Crippen molar-refractivity contribution in [3.63, 3.8) is 0 Å². The minimum atomic E-state index is 0.199. The molecule has 0 atom stereocenters. The third kappa shape index (κ3) is 3.23. The molecule has 0 spiro atoms. The van der Waals surface area contributed by atoms with Gasteiger partial charge in [-0.15, -0.1) is 0 Å². The van der Waals surface area contributed by atoms with Gasteiger partial charge in [0.05, 0.1) is 6.61 Å². The van der Waals surface area contributed by atoms with E-state index < -0.39 is 0 Å². The standard InChI is InChI=1S/C11H24N2O/c1-10-3-5-11(9-12,6-4-10)13-7-8-14-2/h10,13H,3-9,12H2,1-2H3. The van der Waals surface area contributed by atoms with Crippen LogP contribution in [0.15, 0.2) is 0 Å². The Bertz CT molecular complexity index is 153. The molecule has 14 heavy (non-hydrogen) atoms. The van der Waals surface area contributed by atoms with Gasteiger partial charge >= 0.3 is 0 Å². The predicted molar refractivity (Wildman–Crippen MR) is 59.3 cm³/mol. The smallest absolute Gasteiger partial charge is 0.0587 e. The van der Waals surface area contributed by atoms with Gasteiger partial charge in [-0.1, -0.05) is 6.92 Å². The van der Waals surface area contributed by atoms with E-state index in [2.05, 4.69) is 12.2 Å². The first-order chi connectivity index (χ1) is 6.72. The third-order valence-corrected chi connectivity index (χ3v) is 3.43. The van der Waals surface area contributed by atoms with Crippen molar-refractivity contribution in [2.24, 2.45) is 11.7 Å². The van der Waals surface area contributed by atoms with Gasteiger partial charge in [-0.2, -0.15) is 0 Å². The number of nitrogens with one attached hydrogen (secondary N) is 1. The maximum absolute atomic E-state index is 5.86. The van der Waals surface area contributed by atoms with Crippen LogP contribution in [0.1, 0.15) is 32.6 Å². The molecule has 1 aliphatic carbocycles. The van der Waals surface area contributed by atoms with Crippen molar-refractivity contribution in [3.8, 4) is 0 Å². The van der Waals surface area contributed by atoms with Crippen molar-refractivity contribution >= 4 is 0 Å². The molecule has 1 saturated carbocycles. The summed E-state index contributed by atoms with van der Waals surface area (Å²) in [5, 5.41) is 3.56. The molecule has 0 aromatic carbocycles. The lowest BCUT2D eigenvalue weighted by Crippen LogP contribution is -2.54. The van der Waals surface area contributed by atoms with Crippen LogP contribution in [0.2, 0.25) is 0 Å². The lowest BCUT2D eigenvalue weighted by atomic mass is 9.77. The van der Waals surface area contributed by atoms with Gasteiger partial charge in [0.1, 0.15) is 0 Å². The fourth-order valence-electron chi connectivity index (χ4n) is 2.19.